The Morgan fingerprint density at radius 2 is 1.88 bits per heavy atom. The molecule has 0 aliphatic carbocycles. The van der Waals surface area contributed by atoms with Crippen molar-refractivity contribution in [2.45, 2.75) is 45.4 Å². The number of aliphatic hydroxyl groups is 1. The topological polar surface area (TPSA) is 94.1 Å². The molecule has 134 valence electrons. The first-order valence-corrected chi connectivity index (χ1v) is 7.66. The van der Waals surface area contributed by atoms with E-state index in [-0.39, 0.29) is 6.61 Å². The standard InChI is InChI=1S/C17H25NO6/c1-6-23-15(20)13(18-16(21)24-17(2,3)4)14(19)11-9-7-8-10-12(11)22-5/h7-10,13-14,19H,6H2,1-5H3,(H,18,21)/t13-,14-/m0/s1. The molecule has 0 saturated heterocycles. The quantitative estimate of drug-likeness (QED) is 0.772. The van der Waals surface area contributed by atoms with Crippen molar-refractivity contribution < 1.29 is 28.9 Å². The van der Waals surface area contributed by atoms with Gasteiger partial charge < -0.3 is 24.6 Å². The minimum Gasteiger partial charge on any atom is -0.496 e. The number of esters is 1. The lowest BCUT2D eigenvalue weighted by atomic mass is 10.0. The van der Waals surface area contributed by atoms with Gasteiger partial charge in [-0.3, -0.25) is 0 Å². The van der Waals surface area contributed by atoms with E-state index in [9.17, 15) is 14.7 Å². The predicted octanol–water partition coefficient (Wildman–Crippen LogP) is 2.18. The smallest absolute Gasteiger partial charge is 0.408 e. The van der Waals surface area contributed by atoms with E-state index in [0.29, 0.717) is 11.3 Å². The minimum absolute atomic E-state index is 0.115. The molecule has 7 heteroatoms. The Labute approximate surface area is 141 Å². The first-order valence-electron chi connectivity index (χ1n) is 7.66. The van der Waals surface area contributed by atoms with Gasteiger partial charge in [-0.05, 0) is 33.8 Å². The Morgan fingerprint density at radius 3 is 2.42 bits per heavy atom. The molecular weight excluding hydrogens is 314 g/mol. The van der Waals surface area contributed by atoms with Crippen molar-refractivity contribution in [3.8, 4) is 5.75 Å². The lowest BCUT2D eigenvalue weighted by Crippen LogP contribution is -2.47. The van der Waals surface area contributed by atoms with Gasteiger partial charge in [-0.2, -0.15) is 0 Å². The Hall–Kier alpha value is -2.28. The first-order chi connectivity index (χ1) is 11.2. The largest absolute Gasteiger partial charge is 0.496 e. The van der Waals surface area contributed by atoms with Crippen molar-refractivity contribution in [2.75, 3.05) is 13.7 Å². The summed E-state index contributed by atoms with van der Waals surface area (Å²) in [5.74, 6) is -0.368. The molecule has 1 rings (SSSR count). The van der Waals surface area contributed by atoms with Gasteiger partial charge in [-0.15, -0.1) is 0 Å². The van der Waals surface area contributed by atoms with Crippen LogP contribution in [0.25, 0.3) is 0 Å². The Morgan fingerprint density at radius 1 is 1.25 bits per heavy atom. The third-order valence-electron chi connectivity index (χ3n) is 2.99. The van der Waals surface area contributed by atoms with Gasteiger partial charge in [0.05, 0.1) is 13.7 Å². The normalized spacial score (nSPS) is 13.6. The van der Waals surface area contributed by atoms with Gasteiger partial charge in [0.25, 0.3) is 0 Å². The van der Waals surface area contributed by atoms with E-state index in [1.807, 2.05) is 0 Å². The molecule has 1 aromatic rings. The molecule has 24 heavy (non-hydrogen) atoms. The summed E-state index contributed by atoms with van der Waals surface area (Å²) < 4.78 is 15.3. The average molecular weight is 339 g/mol. The number of ether oxygens (including phenoxy) is 3. The molecule has 0 radical (unpaired) electrons. The van der Waals surface area contributed by atoms with E-state index >= 15 is 0 Å². The number of hydrogen-bond acceptors (Lipinski definition) is 6. The highest BCUT2D eigenvalue weighted by Gasteiger charge is 2.34. The Balaban J connectivity index is 3.04. The van der Waals surface area contributed by atoms with E-state index < -0.39 is 29.8 Å². The number of nitrogens with one attached hydrogen (secondary N) is 1. The lowest BCUT2D eigenvalue weighted by molar-refractivity contribution is -0.148. The van der Waals surface area contributed by atoms with Crippen LogP contribution >= 0.6 is 0 Å². The number of aliphatic hydroxyl groups excluding tert-OH is 1. The van der Waals surface area contributed by atoms with Gasteiger partial charge in [-0.25, -0.2) is 9.59 Å². The summed E-state index contributed by atoms with van der Waals surface area (Å²) in [6.45, 7) is 6.84. The van der Waals surface area contributed by atoms with Crippen LogP contribution in [0.5, 0.6) is 5.75 Å². The van der Waals surface area contributed by atoms with Crippen LogP contribution < -0.4 is 10.1 Å². The molecular formula is C17H25NO6. The predicted molar refractivity (Wildman–Crippen MR) is 87.7 cm³/mol. The zero-order valence-corrected chi connectivity index (χ0v) is 14.7. The van der Waals surface area contributed by atoms with Gasteiger partial charge in [0.1, 0.15) is 17.5 Å². The number of carbonyl (C=O) groups is 2. The number of rotatable bonds is 6. The fourth-order valence-corrected chi connectivity index (χ4v) is 2.02. The van der Waals surface area contributed by atoms with Crippen molar-refractivity contribution >= 4 is 12.1 Å². The molecule has 0 heterocycles. The fourth-order valence-electron chi connectivity index (χ4n) is 2.02. The molecule has 0 bridgehead atoms. The van der Waals surface area contributed by atoms with Crippen molar-refractivity contribution in [1.82, 2.24) is 5.32 Å². The third-order valence-corrected chi connectivity index (χ3v) is 2.99. The average Bonchev–Trinajstić information content (AvgIpc) is 2.50. The van der Waals surface area contributed by atoms with Gasteiger partial charge in [-0.1, -0.05) is 18.2 Å². The number of alkyl carbamates (subject to hydrolysis) is 1. The van der Waals surface area contributed by atoms with Crippen LogP contribution in [0.4, 0.5) is 4.79 Å². The molecule has 0 aromatic heterocycles. The van der Waals surface area contributed by atoms with E-state index in [0.717, 1.165) is 0 Å². The number of benzene rings is 1. The first kappa shape index (κ1) is 19.8. The fraction of sp³-hybridized carbons (Fsp3) is 0.529. The summed E-state index contributed by atoms with van der Waals surface area (Å²) >= 11 is 0. The second kappa shape index (κ2) is 8.54. The zero-order valence-electron chi connectivity index (χ0n) is 14.7. The van der Waals surface area contributed by atoms with Crippen molar-refractivity contribution in [2.24, 2.45) is 0 Å². The highest BCUT2D eigenvalue weighted by atomic mass is 16.6. The number of para-hydroxylation sites is 1. The Kier molecular flexibility index (Phi) is 7.03. The molecule has 0 unspecified atom stereocenters. The van der Waals surface area contributed by atoms with Gasteiger partial charge in [0, 0.05) is 5.56 Å². The minimum atomic E-state index is -1.35. The van der Waals surface area contributed by atoms with Crippen LogP contribution in [0, 0.1) is 0 Å². The highest BCUT2D eigenvalue weighted by molar-refractivity contribution is 5.82. The van der Waals surface area contributed by atoms with Crippen LogP contribution in [0.2, 0.25) is 0 Å². The van der Waals surface area contributed by atoms with Crippen LogP contribution in [0.1, 0.15) is 39.4 Å². The molecule has 0 aliphatic rings. The van der Waals surface area contributed by atoms with Crippen LogP contribution in [0.15, 0.2) is 24.3 Å². The summed E-state index contributed by atoms with van der Waals surface area (Å²) in [5.41, 5.74) is -0.382. The van der Waals surface area contributed by atoms with Crippen LogP contribution in [0.3, 0.4) is 0 Å². The molecule has 1 amide bonds. The zero-order chi connectivity index (χ0) is 18.3. The number of carbonyl (C=O) groups excluding carboxylic acids is 2. The van der Waals surface area contributed by atoms with E-state index in [1.54, 1.807) is 52.0 Å². The molecule has 0 aliphatic heterocycles. The summed E-state index contributed by atoms with van der Waals surface area (Å²) in [5, 5.41) is 13.0. The number of amides is 1. The summed E-state index contributed by atoms with van der Waals surface area (Å²) in [6, 6.07) is 5.35. The van der Waals surface area contributed by atoms with Crippen LogP contribution in [-0.4, -0.2) is 42.5 Å². The van der Waals surface area contributed by atoms with Gasteiger partial charge in [0.2, 0.25) is 0 Å². The number of hydrogen-bond donors (Lipinski definition) is 2. The second-order valence-corrected chi connectivity index (χ2v) is 6.06. The van der Waals surface area contributed by atoms with Crippen molar-refractivity contribution in [3.05, 3.63) is 29.8 Å². The van der Waals surface area contributed by atoms with Crippen LogP contribution in [-0.2, 0) is 14.3 Å². The third kappa shape index (κ3) is 5.73. The molecule has 2 N–H and O–H groups in total. The summed E-state index contributed by atoms with van der Waals surface area (Å²) in [6.07, 6.45) is -2.18. The molecule has 0 fully saturated rings. The van der Waals surface area contributed by atoms with Gasteiger partial charge in [0.15, 0.2) is 6.04 Å². The molecule has 0 spiro atoms. The lowest BCUT2D eigenvalue weighted by Gasteiger charge is -2.26. The van der Waals surface area contributed by atoms with Crippen molar-refractivity contribution in [1.29, 1.82) is 0 Å². The highest BCUT2D eigenvalue weighted by Crippen LogP contribution is 2.27. The molecule has 0 saturated carbocycles. The molecule has 7 nitrogen and oxygen atoms in total. The summed E-state index contributed by atoms with van der Waals surface area (Å²) in [7, 11) is 1.45. The molecule has 1 aromatic carbocycles. The number of methoxy groups -OCH3 is 1. The monoisotopic (exact) mass is 339 g/mol. The van der Waals surface area contributed by atoms with E-state index in [1.165, 1.54) is 7.11 Å². The maximum atomic E-state index is 12.2. The maximum absolute atomic E-state index is 12.2. The SMILES string of the molecule is CCOC(=O)[C@@H](NC(=O)OC(C)(C)C)[C@@H](O)c1ccccc1OC. The Bertz CT molecular complexity index is 566. The second-order valence-electron chi connectivity index (χ2n) is 6.06. The molecule has 2 atom stereocenters. The van der Waals surface area contributed by atoms with E-state index in [4.69, 9.17) is 14.2 Å². The van der Waals surface area contributed by atoms with E-state index in [2.05, 4.69) is 5.32 Å². The van der Waals surface area contributed by atoms with Gasteiger partial charge >= 0.3 is 12.1 Å². The van der Waals surface area contributed by atoms with Crippen molar-refractivity contribution in [3.63, 3.8) is 0 Å². The maximum Gasteiger partial charge on any atom is 0.408 e. The summed E-state index contributed by atoms with van der Waals surface area (Å²) in [4.78, 5) is 24.1.